The summed E-state index contributed by atoms with van der Waals surface area (Å²) in [5.41, 5.74) is 5.65. The van der Waals surface area contributed by atoms with Crippen LogP contribution in [0.15, 0.2) is 42.0 Å². The van der Waals surface area contributed by atoms with Gasteiger partial charge in [-0.25, -0.2) is 8.78 Å². The van der Waals surface area contributed by atoms with Crippen LogP contribution in [0.3, 0.4) is 0 Å². The number of hydrogen-bond donors (Lipinski definition) is 1. The third-order valence-electron chi connectivity index (χ3n) is 6.30. The maximum Gasteiger partial charge on any atom is 0.309 e. The summed E-state index contributed by atoms with van der Waals surface area (Å²) < 4.78 is 32.6. The van der Waals surface area contributed by atoms with E-state index >= 15 is 0 Å². The van der Waals surface area contributed by atoms with Crippen LogP contribution in [0, 0.1) is 17.6 Å². The van der Waals surface area contributed by atoms with Gasteiger partial charge < -0.3 is 9.84 Å². The topological polar surface area (TPSA) is 49.8 Å². The van der Waals surface area contributed by atoms with E-state index in [4.69, 9.17) is 9.84 Å². The summed E-state index contributed by atoms with van der Waals surface area (Å²) >= 11 is 0. The van der Waals surface area contributed by atoms with Crippen molar-refractivity contribution in [3.8, 4) is 5.75 Å². The lowest BCUT2D eigenvalue weighted by Gasteiger charge is -2.38. The van der Waals surface area contributed by atoms with Gasteiger partial charge in [0.25, 0.3) is 0 Å². The summed E-state index contributed by atoms with van der Waals surface area (Å²) in [7, 11) is 0. The zero-order chi connectivity index (χ0) is 22.0. The summed E-state index contributed by atoms with van der Waals surface area (Å²) in [5, 5.41) is 9.04. The third-order valence-corrected chi connectivity index (χ3v) is 6.30. The normalized spacial score (nSPS) is 16.2. The number of fused-ring (bicyclic) bond motifs is 1. The number of carbonyl (C=O) groups is 1. The monoisotopic (exact) mass is 463 g/mol. The largest absolute Gasteiger partial charge is 0.494 e. The fraction of sp³-hybridized carbons (Fsp3) is 0.400. The molecule has 0 spiro atoms. The van der Waals surface area contributed by atoms with Crippen LogP contribution >= 0.6 is 12.4 Å². The number of aryl methyl sites for hydroxylation is 2. The molecule has 2 aromatic rings. The lowest BCUT2D eigenvalue weighted by atomic mass is 9.85. The van der Waals surface area contributed by atoms with Gasteiger partial charge in [0, 0.05) is 25.7 Å². The van der Waals surface area contributed by atoms with Gasteiger partial charge in [-0.05, 0) is 73.1 Å². The van der Waals surface area contributed by atoms with E-state index in [0.29, 0.717) is 38.1 Å². The minimum atomic E-state index is -0.703. The van der Waals surface area contributed by atoms with E-state index in [1.54, 1.807) is 0 Å². The van der Waals surface area contributed by atoms with Crippen LogP contribution in [0.1, 0.15) is 36.5 Å². The third kappa shape index (κ3) is 5.48. The summed E-state index contributed by atoms with van der Waals surface area (Å²) in [6, 6.07) is 9.81. The molecule has 0 saturated carbocycles. The number of aliphatic carboxylic acids is 1. The van der Waals surface area contributed by atoms with E-state index in [1.165, 1.54) is 34.4 Å². The van der Waals surface area contributed by atoms with Crippen molar-refractivity contribution in [2.45, 2.75) is 32.6 Å². The predicted molar refractivity (Wildman–Crippen MR) is 122 cm³/mol. The highest BCUT2D eigenvalue weighted by molar-refractivity contribution is 5.85. The van der Waals surface area contributed by atoms with E-state index in [9.17, 15) is 13.6 Å². The van der Waals surface area contributed by atoms with Gasteiger partial charge in [-0.15, -0.1) is 12.4 Å². The first-order chi connectivity index (χ1) is 14.9. The van der Waals surface area contributed by atoms with Crippen molar-refractivity contribution in [1.29, 1.82) is 0 Å². The van der Waals surface area contributed by atoms with E-state index in [2.05, 4.69) is 24.0 Å². The Bertz CT molecular complexity index is 1020. The number of hydrogen-bond acceptors (Lipinski definition) is 3. The molecule has 0 bridgehead atoms. The number of ether oxygens (including phenoxy) is 1. The zero-order valence-corrected chi connectivity index (χ0v) is 18.9. The first kappa shape index (κ1) is 24.2. The standard InChI is InChI=1S/C25H27F2NO3.ClH/c1-16-19(13-28-14-20(15-28)25(29)30)5-4-18-11-22(8-9-23(16)18)31-10-2-3-17-6-7-21(26)12-24(17)27;/h6-9,11-12,20H,2-5,10,13-15H2,1H3,(H,29,30);1H. The second kappa shape index (κ2) is 10.5. The number of carboxylic acids is 1. The first-order valence-electron chi connectivity index (χ1n) is 10.7. The molecule has 1 heterocycles. The highest BCUT2D eigenvalue weighted by atomic mass is 35.5. The van der Waals surface area contributed by atoms with Gasteiger partial charge in [-0.2, -0.15) is 0 Å². The number of likely N-dealkylation sites (tertiary alicyclic amines) is 1. The van der Waals surface area contributed by atoms with Crippen molar-refractivity contribution in [1.82, 2.24) is 4.90 Å². The molecule has 1 N–H and O–H groups in total. The molecule has 0 aromatic heterocycles. The Morgan fingerprint density at radius 2 is 1.94 bits per heavy atom. The van der Waals surface area contributed by atoms with Crippen LogP contribution in [0.4, 0.5) is 8.78 Å². The second-order valence-corrected chi connectivity index (χ2v) is 8.46. The molecule has 0 amide bonds. The number of nitrogens with zero attached hydrogens (tertiary/aromatic N) is 1. The van der Waals surface area contributed by atoms with Gasteiger partial charge in [0.05, 0.1) is 12.5 Å². The van der Waals surface area contributed by atoms with Crippen molar-refractivity contribution in [2.75, 3.05) is 26.2 Å². The molecule has 2 aromatic carbocycles. The van der Waals surface area contributed by atoms with Crippen molar-refractivity contribution in [3.05, 3.63) is 70.3 Å². The van der Waals surface area contributed by atoms with Crippen molar-refractivity contribution >= 4 is 23.9 Å². The maximum absolute atomic E-state index is 13.7. The fourth-order valence-corrected chi connectivity index (χ4v) is 4.40. The molecule has 1 aliphatic heterocycles. The lowest BCUT2D eigenvalue weighted by molar-refractivity contribution is -0.147. The highest BCUT2D eigenvalue weighted by Gasteiger charge is 2.33. The summed E-state index contributed by atoms with van der Waals surface area (Å²) in [6.07, 6.45) is 3.06. The van der Waals surface area contributed by atoms with E-state index in [1.807, 2.05) is 6.07 Å². The Morgan fingerprint density at radius 1 is 1.16 bits per heavy atom. The quantitative estimate of drug-likeness (QED) is 0.551. The molecule has 172 valence electrons. The molecular formula is C25H28ClF2NO3. The smallest absolute Gasteiger partial charge is 0.309 e. The second-order valence-electron chi connectivity index (χ2n) is 8.46. The Hall–Kier alpha value is -2.44. The Labute approximate surface area is 193 Å². The van der Waals surface area contributed by atoms with Crippen LogP contribution in [0.2, 0.25) is 0 Å². The Balaban J connectivity index is 0.00000289. The maximum atomic E-state index is 13.7. The number of rotatable bonds is 8. The van der Waals surface area contributed by atoms with Crippen molar-refractivity contribution in [2.24, 2.45) is 5.92 Å². The molecule has 0 atom stereocenters. The molecule has 7 heteroatoms. The average molecular weight is 464 g/mol. The van der Waals surface area contributed by atoms with Gasteiger partial charge in [-0.1, -0.05) is 17.7 Å². The lowest BCUT2D eigenvalue weighted by Crippen LogP contribution is -2.50. The summed E-state index contributed by atoms with van der Waals surface area (Å²) in [6.45, 7) is 4.71. The number of halogens is 3. The van der Waals surface area contributed by atoms with Gasteiger partial charge in [0.2, 0.25) is 0 Å². The van der Waals surface area contributed by atoms with E-state index in [-0.39, 0.29) is 18.3 Å². The van der Waals surface area contributed by atoms with Gasteiger partial charge >= 0.3 is 5.97 Å². The Kier molecular flexibility index (Phi) is 7.91. The van der Waals surface area contributed by atoms with Crippen LogP contribution in [-0.2, 0) is 17.6 Å². The summed E-state index contributed by atoms with van der Waals surface area (Å²) in [4.78, 5) is 13.2. The minimum absolute atomic E-state index is 0. The molecule has 2 aliphatic rings. The fourth-order valence-electron chi connectivity index (χ4n) is 4.40. The van der Waals surface area contributed by atoms with Gasteiger partial charge in [-0.3, -0.25) is 9.69 Å². The SMILES string of the molecule is CC1=C(CN2CC(C(=O)O)C2)CCc2cc(OCCCc3ccc(F)cc3F)ccc21.Cl. The molecule has 0 radical (unpaired) electrons. The molecule has 1 fully saturated rings. The average Bonchev–Trinajstić information content (AvgIpc) is 2.70. The van der Waals surface area contributed by atoms with Gasteiger partial charge in [0.15, 0.2) is 0 Å². The van der Waals surface area contributed by atoms with Crippen molar-refractivity contribution < 1.29 is 23.4 Å². The molecule has 4 nitrogen and oxygen atoms in total. The van der Waals surface area contributed by atoms with E-state index in [0.717, 1.165) is 31.2 Å². The molecule has 4 rings (SSSR count). The highest BCUT2D eigenvalue weighted by Crippen LogP contribution is 2.34. The molecule has 0 unspecified atom stereocenters. The van der Waals surface area contributed by atoms with Crippen LogP contribution in [-0.4, -0.2) is 42.2 Å². The van der Waals surface area contributed by atoms with Crippen LogP contribution in [0.25, 0.3) is 5.57 Å². The molecular weight excluding hydrogens is 436 g/mol. The first-order valence-corrected chi connectivity index (χ1v) is 10.7. The number of carboxylic acid groups (broad SMARTS) is 1. The molecule has 1 saturated heterocycles. The van der Waals surface area contributed by atoms with Crippen molar-refractivity contribution in [3.63, 3.8) is 0 Å². The summed E-state index contributed by atoms with van der Waals surface area (Å²) in [5.74, 6) is -1.19. The van der Waals surface area contributed by atoms with Crippen LogP contribution < -0.4 is 4.74 Å². The van der Waals surface area contributed by atoms with Gasteiger partial charge in [0.1, 0.15) is 17.4 Å². The van der Waals surface area contributed by atoms with Crippen LogP contribution in [0.5, 0.6) is 5.75 Å². The Morgan fingerprint density at radius 3 is 2.66 bits per heavy atom. The minimum Gasteiger partial charge on any atom is -0.494 e. The number of allylic oxidation sites excluding steroid dienone is 1. The van der Waals surface area contributed by atoms with E-state index < -0.39 is 17.6 Å². The predicted octanol–water partition coefficient (Wildman–Crippen LogP) is 5.13. The molecule has 1 aliphatic carbocycles. The molecule has 32 heavy (non-hydrogen) atoms. The number of benzene rings is 2. The zero-order valence-electron chi connectivity index (χ0n) is 18.1.